The van der Waals surface area contributed by atoms with E-state index in [1.165, 1.54) is 0 Å². The van der Waals surface area contributed by atoms with Crippen LogP contribution in [-0.2, 0) is 9.59 Å². The van der Waals surface area contributed by atoms with Crippen molar-refractivity contribution in [3.8, 4) is 0 Å². The van der Waals surface area contributed by atoms with E-state index in [0.717, 1.165) is 0 Å². The number of carboxylic acid groups (broad SMARTS) is 2. The maximum Gasteiger partial charge on any atom is 0.124 e. The van der Waals surface area contributed by atoms with Gasteiger partial charge in [-0.1, -0.05) is 0 Å². The first kappa shape index (κ1) is 14.4. The highest BCUT2D eigenvalue weighted by molar-refractivity contribution is 6.08. The monoisotopic (exact) mass is 191 g/mol. The molecule has 2 atom stereocenters. The molecule has 0 heterocycles. The Kier molecular flexibility index (Phi) is 8.28. The van der Waals surface area contributed by atoms with Crippen molar-refractivity contribution in [2.45, 2.75) is 12.2 Å². The van der Waals surface area contributed by atoms with Crippen LogP contribution in [0.1, 0.15) is 0 Å². The molecule has 0 spiro atoms. The highest BCUT2D eigenvalue weighted by Gasteiger charge is 2.17. The van der Waals surface area contributed by atoms with E-state index >= 15 is 0 Å². The smallest absolute Gasteiger partial charge is 0.124 e. The first-order valence-corrected chi connectivity index (χ1v) is 2.71. The van der Waals surface area contributed by atoms with Crippen LogP contribution < -0.4 is 20.3 Å². The van der Waals surface area contributed by atoms with Gasteiger partial charge in [0.15, 0.2) is 0 Å². The zero-order valence-corrected chi connectivity index (χ0v) is 6.08. The zero-order valence-electron chi connectivity index (χ0n) is 6.08. The predicted octanol–water partition coefficient (Wildman–Crippen LogP) is -7.55. The molecule has 75 valence electrons. The topological polar surface area (TPSA) is 167 Å². The van der Waals surface area contributed by atoms with E-state index in [2.05, 4.69) is 0 Å². The van der Waals surface area contributed by atoms with Crippen molar-refractivity contribution in [3.05, 3.63) is 0 Å². The highest BCUT2D eigenvalue weighted by Crippen LogP contribution is 1.88. The van der Waals surface area contributed by atoms with Gasteiger partial charge in [0, 0.05) is 0 Å². The molecule has 0 aliphatic rings. The minimum absolute atomic E-state index is 0.500. The minimum Gasteiger partial charge on any atom is -0.900 e. The Morgan fingerprint density at radius 3 is 1.23 bits per heavy atom. The van der Waals surface area contributed by atoms with Crippen LogP contribution in [-0.4, -0.2) is 42.0 Å². The molecule has 0 aliphatic heterocycles. The molecular weight excluding hydrogens is 187 g/mol. The molecule has 0 aromatic heterocycles. The van der Waals surface area contributed by atoms with Crippen molar-refractivity contribution in [3.63, 3.8) is 0 Å². The molecule has 0 bridgehead atoms. The molecule has 9 heteroatoms. The van der Waals surface area contributed by atoms with Gasteiger partial charge in [0.25, 0.3) is 0 Å². The van der Waals surface area contributed by atoms with Crippen molar-refractivity contribution < 1.29 is 40.1 Å². The van der Waals surface area contributed by atoms with Crippen LogP contribution in [0, 0.1) is 0 Å². The standard InChI is InChI=1S/C4H6O6.BO2/c5-1(3(7)8)2(6)4(9)10;2-1-3/h1-2,5-6H,(H,7,8)(H,9,10);/q;-2/p-2. The lowest BCUT2D eigenvalue weighted by Gasteiger charge is -2.18. The summed E-state index contributed by atoms with van der Waals surface area (Å²) in [7, 11) is -0.500. The van der Waals surface area contributed by atoms with Gasteiger partial charge in [-0.15, -0.1) is 0 Å². The summed E-state index contributed by atoms with van der Waals surface area (Å²) in [5.41, 5.74) is 0. The molecule has 0 amide bonds. The van der Waals surface area contributed by atoms with E-state index in [0.29, 0.717) is 0 Å². The van der Waals surface area contributed by atoms with Gasteiger partial charge in [-0.05, 0) is 0 Å². The van der Waals surface area contributed by atoms with E-state index in [9.17, 15) is 19.8 Å². The lowest BCUT2D eigenvalue weighted by molar-refractivity contribution is -0.333. The van der Waals surface area contributed by atoms with Crippen molar-refractivity contribution in [2.24, 2.45) is 0 Å². The van der Waals surface area contributed by atoms with Crippen LogP contribution in [0.5, 0.6) is 0 Å². The van der Waals surface area contributed by atoms with E-state index < -0.39 is 31.8 Å². The van der Waals surface area contributed by atoms with Crippen molar-refractivity contribution in [1.82, 2.24) is 0 Å². The molecule has 1 radical (unpaired) electrons. The van der Waals surface area contributed by atoms with Crippen LogP contribution in [0.3, 0.4) is 0 Å². The molecule has 0 aliphatic carbocycles. The second-order valence-corrected chi connectivity index (χ2v) is 1.62. The van der Waals surface area contributed by atoms with Crippen molar-refractivity contribution >= 4 is 19.6 Å². The first-order valence-electron chi connectivity index (χ1n) is 2.71. The maximum atomic E-state index is 9.63. The van der Waals surface area contributed by atoms with E-state index in [4.69, 9.17) is 20.3 Å². The Balaban J connectivity index is 0. The minimum atomic E-state index is -2.44. The van der Waals surface area contributed by atoms with Crippen molar-refractivity contribution in [1.29, 1.82) is 0 Å². The third-order valence-corrected chi connectivity index (χ3v) is 0.782. The summed E-state index contributed by atoms with van der Waals surface area (Å²) < 4.78 is 0. The summed E-state index contributed by atoms with van der Waals surface area (Å²) in [6.45, 7) is 0. The molecule has 0 saturated heterocycles. The van der Waals surface area contributed by atoms with Gasteiger partial charge >= 0.3 is 0 Å². The van der Waals surface area contributed by atoms with Crippen LogP contribution >= 0.6 is 0 Å². The zero-order chi connectivity index (χ0) is 11.0. The lowest BCUT2D eigenvalue weighted by atomic mass is 10.2. The van der Waals surface area contributed by atoms with Gasteiger partial charge in [0.2, 0.25) is 0 Å². The molecule has 13 heavy (non-hydrogen) atoms. The van der Waals surface area contributed by atoms with Gasteiger partial charge in [0.05, 0.1) is 11.9 Å². The van der Waals surface area contributed by atoms with Gasteiger partial charge < -0.3 is 40.1 Å². The fourth-order valence-electron chi connectivity index (χ4n) is 0.258. The second-order valence-electron chi connectivity index (χ2n) is 1.62. The summed E-state index contributed by atoms with van der Waals surface area (Å²) in [6.07, 6.45) is -4.88. The van der Waals surface area contributed by atoms with Gasteiger partial charge in [-0.3, -0.25) is 0 Å². The number of aliphatic hydroxyl groups is 2. The summed E-state index contributed by atoms with van der Waals surface area (Å²) in [5, 5.41) is 52.2. The maximum absolute atomic E-state index is 9.63. The third kappa shape index (κ3) is 7.21. The Bertz CT molecular complexity index is 152. The lowest BCUT2D eigenvalue weighted by Crippen LogP contribution is -2.51. The summed E-state index contributed by atoms with van der Waals surface area (Å²) in [5.74, 6) is -4.12. The number of hydrogen-bond donors (Lipinski definition) is 2. The van der Waals surface area contributed by atoms with E-state index in [1.807, 2.05) is 0 Å². The molecule has 0 saturated carbocycles. The molecular formula is C4H4BO8-4. The van der Waals surface area contributed by atoms with Gasteiger partial charge in [0.1, 0.15) is 12.2 Å². The summed E-state index contributed by atoms with van der Waals surface area (Å²) >= 11 is 0. The van der Waals surface area contributed by atoms with Crippen LogP contribution in [0.15, 0.2) is 0 Å². The molecule has 0 aromatic rings. The van der Waals surface area contributed by atoms with E-state index in [-0.39, 0.29) is 0 Å². The average Bonchev–Trinajstić information content (AvgIpc) is 2.03. The molecule has 0 fully saturated rings. The number of carbonyl (C=O) groups excluding carboxylic acids is 2. The van der Waals surface area contributed by atoms with Crippen LogP contribution in [0.4, 0.5) is 0 Å². The largest absolute Gasteiger partial charge is 0.900 e. The molecule has 8 nitrogen and oxygen atoms in total. The summed E-state index contributed by atoms with van der Waals surface area (Å²) in [4.78, 5) is 19.3. The average molecular weight is 191 g/mol. The van der Waals surface area contributed by atoms with Crippen LogP contribution in [0.2, 0.25) is 0 Å². The quantitative estimate of drug-likeness (QED) is 0.414. The van der Waals surface area contributed by atoms with Crippen molar-refractivity contribution in [2.75, 3.05) is 0 Å². The Morgan fingerprint density at radius 2 is 1.15 bits per heavy atom. The fraction of sp³-hybridized carbons (Fsp3) is 0.500. The molecule has 2 N–H and O–H groups in total. The normalized spacial score (nSPS) is 13.2. The van der Waals surface area contributed by atoms with Gasteiger partial charge in [-0.2, -0.15) is 0 Å². The SMILES string of the molecule is O=C([O-])C(O)C(O)C(=O)[O-].[O-][B][O-]. The first-order chi connectivity index (χ1) is 5.88. The van der Waals surface area contributed by atoms with E-state index in [1.54, 1.807) is 0 Å². The Labute approximate surface area is 73.0 Å². The number of carboxylic acids is 2. The number of rotatable bonds is 3. The number of carbonyl (C=O) groups is 2. The third-order valence-electron chi connectivity index (χ3n) is 0.782. The van der Waals surface area contributed by atoms with Crippen LogP contribution in [0.25, 0.3) is 0 Å². The number of aliphatic hydroxyl groups excluding tert-OH is 2. The Morgan fingerprint density at radius 1 is 1.00 bits per heavy atom. The summed E-state index contributed by atoms with van der Waals surface area (Å²) in [6, 6.07) is 0. The highest BCUT2D eigenvalue weighted by atomic mass is 16.4. The second kappa shape index (κ2) is 7.49. The Hall–Kier alpha value is -1.16. The fourth-order valence-corrected chi connectivity index (χ4v) is 0.258. The molecule has 2 unspecified atom stereocenters. The predicted molar refractivity (Wildman–Crippen MR) is 27.8 cm³/mol. The number of hydrogen-bond acceptors (Lipinski definition) is 8. The van der Waals surface area contributed by atoms with Gasteiger partial charge in [-0.25, -0.2) is 7.69 Å². The number of aliphatic carboxylic acids is 2. The molecule has 0 aromatic carbocycles. The molecule has 0 rings (SSSR count).